The summed E-state index contributed by atoms with van der Waals surface area (Å²) in [6.45, 7) is 1.49. The van der Waals surface area contributed by atoms with Crippen LogP contribution in [0.5, 0.6) is 0 Å². The number of nitrogens with one attached hydrogen (secondary N) is 2. The molecule has 7 nitrogen and oxygen atoms in total. The maximum Gasteiger partial charge on any atom is 0.251 e. The molecule has 30 heavy (non-hydrogen) atoms. The van der Waals surface area contributed by atoms with Gasteiger partial charge in [0.1, 0.15) is 11.6 Å². The normalized spacial score (nSPS) is 12.5. The van der Waals surface area contributed by atoms with Crippen molar-refractivity contribution in [1.29, 1.82) is 0 Å². The van der Waals surface area contributed by atoms with E-state index in [1.54, 1.807) is 25.1 Å². The summed E-state index contributed by atoms with van der Waals surface area (Å²) in [7, 11) is -3.87. The monoisotopic (exact) mass is 432 g/mol. The predicted octanol–water partition coefficient (Wildman–Crippen LogP) is 2.67. The van der Waals surface area contributed by atoms with Gasteiger partial charge in [0.15, 0.2) is 0 Å². The standard InChI is InChI=1S/C21H21FN2O5S/c1-14-7-8-18(30(27,28)24-12-17-6-3-9-29-17)11-19(14)21(26)23-13-20(25)15-4-2-5-16(22)10-15/h2-11,20,24-25H,12-13H2,1H3,(H,23,26). The molecule has 0 aliphatic rings. The number of hydrogen-bond donors (Lipinski definition) is 3. The fourth-order valence-electron chi connectivity index (χ4n) is 2.79. The highest BCUT2D eigenvalue weighted by molar-refractivity contribution is 7.89. The van der Waals surface area contributed by atoms with Crippen LogP contribution in [-0.2, 0) is 16.6 Å². The zero-order chi connectivity index (χ0) is 21.7. The topological polar surface area (TPSA) is 109 Å². The number of aliphatic hydroxyl groups is 1. The number of hydrogen-bond acceptors (Lipinski definition) is 5. The van der Waals surface area contributed by atoms with Crippen molar-refractivity contribution in [2.75, 3.05) is 6.54 Å². The van der Waals surface area contributed by atoms with Gasteiger partial charge in [-0.05, 0) is 54.4 Å². The average molecular weight is 432 g/mol. The lowest BCUT2D eigenvalue weighted by molar-refractivity contribution is 0.0915. The van der Waals surface area contributed by atoms with Gasteiger partial charge in [-0.3, -0.25) is 4.79 Å². The highest BCUT2D eigenvalue weighted by Gasteiger charge is 2.19. The minimum Gasteiger partial charge on any atom is -0.468 e. The van der Waals surface area contributed by atoms with Crippen LogP contribution in [0.4, 0.5) is 4.39 Å². The van der Waals surface area contributed by atoms with Crippen molar-refractivity contribution in [3.63, 3.8) is 0 Å². The van der Waals surface area contributed by atoms with Crippen LogP contribution in [0.15, 0.2) is 70.2 Å². The zero-order valence-electron chi connectivity index (χ0n) is 16.1. The predicted molar refractivity (Wildman–Crippen MR) is 108 cm³/mol. The van der Waals surface area contributed by atoms with Gasteiger partial charge in [0.2, 0.25) is 10.0 Å². The Morgan fingerprint density at radius 2 is 1.97 bits per heavy atom. The Balaban J connectivity index is 1.70. The Morgan fingerprint density at radius 3 is 2.67 bits per heavy atom. The van der Waals surface area contributed by atoms with E-state index in [4.69, 9.17) is 4.42 Å². The van der Waals surface area contributed by atoms with E-state index in [9.17, 15) is 22.7 Å². The quantitative estimate of drug-likeness (QED) is 0.507. The Kier molecular flexibility index (Phi) is 6.66. The number of aliphatic hydroxyl groups excluding tert-OH is 1. The molecule has 0 saturated heterocycles. The molecule has 1 atom stereocenters. The molecule has 0 radical (unpaired) electrons. The number of aryl methyl sites for hydroxylation is 1. The molecule has 2 aromatic carbocycles. The van der Waals surface area contributed by atoms with Crippen molar-refractivity contribution in [2.45, 2.75) is 24.5 Å². The van der Waals surface area contributed by atoms with Crippen molar-refractivity contribution < 1.29 is 27.1 Å². The van der Waals surface area contributed by atoms with Crippen molar-refractivity contribution in [1.82, 2.24) is 10.0 Å². The summed E-state index contributed by atoms with van der Waals surface area (Å²) >= 11 is 0. The fourth-order valence-corrected chi connectivity index (χ4v) is 3.81. The van der Waals surface area contributed by atoms with Crippen molar-refractivity contribution in [2.24, 2.45) is 0 Å². The third-order valence-electron chi connectivity index (χ3n) is 4.47. The van der Waals surface area contributed by atoms with Crippen LogP contribution in [0.1, 0.15) is 33.3 Å². The van der Waals surface area contributed by atoms with Crippen LogP contribution < -0.4 is 10.0 Å². The van der Waals surface area contributed by atoms with E-state index < -0.39 is 27.9 Å². The molecule has 3 aromatic rings. The summed E-state index contributed by atoms with van der Waals surface area (Å²) in [4.78, 5) is 12.5. The number of carbonyl (C=O) groups is 1. The van der Waals surface area contributed by atoms with Crippen LogP contribution in [0, 0.1) is 12.7 Å². The van der Waals surface area contributed by atoms with E-state index in [2.05, 4.69) is 10.0 Å². The molecule has 1 unspecified atom stereocenters. The largest absolute Gasteiger partial charge is 0.468 e. The Labute approximate surface area is 173 Å². The van der Waals surface area contributed by atoms with Crippen LogP contribution >= 0.6 is 0 Å². The van der Waals surface area contributed by atoms with Gasteiger partial charge in [0.25, 0.3) is 5.91 Å². The first-order valence-corrected chi connectivity index (χ1v) is 10.6. The molecule has 9 heteroatoms. The highest BCUT2D eigenvalue weighted by atomic mass is 32.2. The molecule has 0 bridgehead atoms. The van der Waals surface area contributed by atoms with Crippen LogP contribution in [0.25, 0.3) is 0 Å². The van der Waals surface area contributed by atoms with Crippen LogP contribution in [0.2, 0.25) is 0 Å². The number of furan rings is 1. The molecule has 1 heterocycles. The van der Waals surface area contributed by atoms with Gasteiger partial charge in [-0.1, -0.05) is 18.2 Å². The van der Waals surface area contributed by atoms with E-state index in [0.717, 1.165) is 0 Å². The van der Waals surface area contributed by atoms with Gasteiger partial charge in [0.05, 0.1) is 23.8 Å². The number of amides is 1. The second-order valence-corrected chi connectivity index (χ2v) is 8.43. The molecule has 0 spiro atoms. The minimum absolute atomic E-state index is 0.0232. The van der Waals surface area contributed by atoms with Crippen molar-refractivity contribution >= 4 is 15.9 Å². The molecule has 158 valence electrons. The molecule has 0 fully saturated rings. The molecule has 3 N–H and O–H groups in total. The number of sulfonamides is 1. The van der Waals surface area contributed by atoms with Gasteiger partial charge in [-0.2, -0.15) is 0 Å². The van der Waals surface area contributed by atoms with E-state index >= 15 is 0 Å². The summed E-state index contributed by atoms with van der Waals surface area (Å²) in [6, 6.07) is 12.9. The van der Waals surface area contributed by atoms with Crippen molar-refractivity contribution in [3.8, 4) is 0 Å². The third kappa shape index (κ3) is 5.32. The maximum atomic E-state index is 13.3. The summed E-state index contributed by atoms with van der Waals surface area (Å²) in [5.74, 6) is -0.588. The van der Waals surface area contributed by atoms with Crippen LogP contribution in [-0.4, -0.2) is 26.0 Å². The summed E-state index contributed by atoms with van der Waals surface area (Å²) in [5, 5.41) is 12.7. The van der Waals surface area contributed by atoms with E-state index in [-0.39, 0.29) is 23.5 Å². The average Bonchev–Trinajstić information content (AvgIpc) is 3.24. The molecule has 0 aliphatic carbocycles. The third-order valence-corrected chi connectivity index (χ3v) is 5.87. The maximum absolute atomic E-state index is 13.3. The van der Waals surface area contributed by atoms with E-state index in [1.807, 2.05) is 0 Å². The Hall–Kier alpha value is -3.01. The lowest BCUT2D eigenvalue weighted by Crippen LogP contribution is -2.29. The minimum atomic E-state index is -3.87. The van der Waals surface area contributed by atoms with Crippen LogP contribution in [0.3, 0.4) is 0 Å². The molecule has 0 saturated carbocycles. The first-order valence-electron chi connectivity index (χ1n) is 9.11. The summed E-state index contributed by atoms with van der Waals surface area (Å²) < 4.78 is 45.9. The van der Waals surface area contributed by atoms with Crippen molar-refractivity contribution in [3.05, 3.63) is 89.1 Å². The first kappa shape index (κ1) is 21.7. The molecular formula is C21H21FN2O5S. The summed E-state index contributed by atoms with van der Waals surface area (Å²) in [5.41, 5.74) is 1.05. The lowest BCUT2D eigenvalue weighted by atomic mass is 10.1. The number of benzene rings is 2. The lowest BCUT2D eigenvalue weighted by Gasteiger charge is -2.14. The van der Waals surface area contributed by atoms with E-state index in [0.29, 0.717) is 16.9 Å². The first-order chi connectivity index (χ1) is 14.3. The van der Waals surface area contributed by atoms with E-state index in [1.165, 1.54) is 42.7 Å². The zero-order valence-corrected chi connectivity index (χ0v) is 16.9. The molecule has 1 aromatic heterocycles. The van der Waals surface area contributed by atoms with Gasteiger partial charge in [0, 0.05) is 12.1 Å². The Bertz CT molecular complexity index is 1130. The van der Waals surface area contributed by atoms with Gasteiger partial charge >= 0.3 is 0 Å². The highest BCUT2D eigenvalue weighted by Crippen LogP contribution is 2.17. The molecule has 0 aliphatic heterocycles. The fraction of sp³-hybridized carbons (Fsp3) is 0.190. The van der Waals surface area contributed by atoms with Gasteiger partial charge < -0.3 is 14.8 Å². The second-order valence-electron chi connectivity index (χ2n) is 6.66. The summed E-state index contributed by atoms with van der Waals surface area (Å²) in [6.07, 6.45) is 0.336. The Morgan fingerprint density at radius 1 is 1.17 bits per heavy atom. The second kappa shape index (κ2) is 9.21. The number of rotatable bonds is 8. The molecule has 3 rings (SSSR count). The molecule has 1 amide bonds. The number of halogens is 1. The van der Waals surface area contributed by atoms with Gasteiger partial charge in [-0.25, -0.2) is 17.5 Å². The van der Waals surface area contributed by atoms with Gasteiger partial charge in [-0.15, -0.1) is 0 Å². The SMILES string of the molecule is Cc1ccc(S(=O)(=O)NCc2ccco2)cc1C(=O)NCC(O)c1cccc(F)c1. The number of carbonyl (C=O) groups excluding carboxylic acids is 1. The smallest absolute Gasteiger partial charge is 0.251 e. The molecular weight excluding hydrogens is 411 g/mol.